The lowest BCUT2D eigenvalue weighted by Crippen LogP contribution is -2.16. The number of halogens is 2. The molecule has 0 fully saturated rings. The van der Waals surface area contributed by atoms with Gasteiger partial charge in [0.15, 0.2) is 5.88 Å². The van der Waals surface area contributed by atoms with E-state index in [1.165, 1.54) is 0 Å². The highest BCUT2D eigenvalue weighted by Gasteiger charge is 2.09. The third-order valence-corrected chi connectivity index (χ3v) is 3.43. The van der Waals surface area contributed by atoms with Gasteiger partial charge in [0.05, 0.1) is 5.02 Å². The summed E-state index contributed by atoms with van der Waals surface area (Å²) in [6.45, 7) is 1.92. The molecule has 3 nitrogen and oxygen atoms in total. The fraction of sp³-hybridized carbons (Fsp3) is 0.333. The minimum atomic E-state index is 0.589. The molecule has 20 heavy (non-hydrogen) atoms. The van der Waals surface area contributed by atoms with Crippen molar-refractivity contribution in [2.75, 3.05) is 32.5 Å². The van der Waals surface area contributed by atoms with Crippen molar-refractivity contribution in [3.63, 3.8) is 0 Å². The smallest absolute Gasteiger partial charge is 0.193 e. The third kappa shape index (κ3) is 4.17. The van der Waals surface area contributed by atoms with Crippen LogP contribution in [0.2, 0.25) is 10.0 Å². The van der Waals surface area contributed by atoms with E-state index in [4.69, 9.17) is 27.6 Å². The maximum atomic E-state index is 6.16. The normalized spacial score (nSPS) is 11.1. The van der Waals surface area contributed by atoms with Crippen molar-refractivity contribution >= 4 is 29.1 Å². The molecule has 0 aliphatic heterocycles. The van der Waals surface area contributed by atoms with E-state index in [0.29, 0.717) is 10.0 Å². The molecule has 0 unspecified atom stereocenters. The van der Waals surface area contributed by atoms with Gasteiger partial charge in [-0.2, -0.15) is 0 Å². The van der Waals surface area contributed by atoms with E-state index >= 15 is 0 Å². The molecule has 0 atom stereocenters. The van der Waals surface area contributed by atoms with Crippen LogP contribution in [0.5, 0.6) is 0 Å². The van der Waals surface area contributed by atoms with Crippen molar-refractivity contribution in [3.8, 4) is 11.3 Å². The van der Waals surface area contributed by atoms with Crippen LogP contribution in [0.15, 0.2) is 34.7 Å². The quantitative estimate of drug-likeness (QED) is 0.789. The van der Waals surface area contributed by atoms with Gasteiger partial charge in [-0.25, -0.2) is 0 Å². The number of nitrogens with one attached hydrogen (secondary N) is 1. The fourth-order valence-corrected chi connectivity index (χ4v) is 2.38. The zero-order valence-corrected chi connectivity index (χ0v) is 13.1. The summed E-state index contributed by atoms with van der Waals surface area (Å²) in [5, 5.41) is 4.47. The van der Waals surface area contributed by atoms with Crippen molar-refractivity contribution in [1.29, 1.82) is 0 Å². The first-order valence-corrected chi connectivity index (χ1v) is 7.26. The lowest BCUT2D eigenvalue weighted by molar-refractivity contribution is 0.404. The van der Waals surface area contributed by atoms with Gasteiger partial charge < -0.3 is 14.6 Å². The first-order valence-electron chi connectivity index (χ1n) is 6.50. The SMILES string of the molecule is CN(C)CCCNc1ccc(-c2ccc(Cl)cc2Cl)o1. The number of furan rings is 1. The van der Waals surface area contributed by atoms with Crippen molar-refractivity contribution in [2.45, 2.75) is 6.42 Å². The van der Waals surface area contributed by atoms with Gasteiger partial charge in [-0.1, -0.05) is 23.2 Å². The Kier molecular flexibility index (Phi) is 5.35. The van der Waals surface area contributed by atoms with Crippen molar-refractivity contribution in [2.24, 2.45) is 0 Å². The predicted molar refractivity (Wildman–Crippen MR) is 85.8 cm³/mol. The summed E-state index contributed by atoms with van der Waals surface area (Å²) in [6.07, 6.45) is 1.06. The largest absolute Gasteiger partial charge is 0.441 e. The number of hydrogen-bond acceptors (Lipinski definition) is 3. The molecule has 0 saturated heterocycles. The molecule has 108 valence electrons. The van der Waals surface area contributed by atoms with Crippen LogP contribution >= 0.6 is 23.2 Å². The molecule has 0 saturated carbocycles. The Morgan fingerprint density at radius 1 is 1.15 bits per heavy atom. The molecule has 5 heteroatoms. The second kappa shape index (κ2) is 7.02. The number of hydrogen-bond donors (Lipinski definition) is 1. The zero-order chi connectivity index (χ0) is 14.5. The van der Waals surface area contributed by atoms with E-state index in [2.05, 4.69) is 24.3 Å². The third-order valence-electron chi connectivity index (χ3n) is 2.88. The summed E-state index contributed by atoms with van der Waals surface area (Å²) in [6, 6.07) is 9.19. The minimum Gasteiger partial charge on any atom is -0.441 e. The van der Waals surface area contributed by atoms with Gasteiger partial charge in [0.25, 0.3) is 0 Å². The molecule has 1 heterocycles. The Labute approximate surface area is 129 Å². The summed E-state index contributed by atoms with van der Waals surface area (Å²) in [7, 11) is 4.13. The Morgan fingerprint density at radius 3 is 2.65 bits per heavy atom. The summed E-state index contributed by atoms with van der Waals surface area (Å²) < 4.78 is 5.75. The molecule has 0 bridgehead atoms. The zero-order valence-electron chi connectivity index (χ0n) is 11.6. The first-order chi connectivity index (χ1) is 9.56. The van der Waals surface area contributed by atoms with E-state index in [1.807, 2.05) is 18.2 Å². The molecule has 0 amide bonds. The summed E-state index contributed by atoms with van der Waals surface area (Å²) in [5.41, 5.74) is 0.845. The van der Waals surface area contributed by atoms with E-state index < -0.39 is 0 Å². The molecular formula is C15H18Cl2N2O. The van der Waals surface area contributed by atoms with Gasteiger partial charge >= 0.3 is 0 Å². The molecule has 0 radical (unpaired) electrons. The van der Waals surface area contributed by atoms with Crippen LogP contribution in [0.4, 0.5) is 5.88 Å². The maximum Gasteiger partial charge on any atom is 0.193 e. The van der Waals surface area contributed by atoms with Crippen LogP contribution in [-0.4, -0.2) is 32.1 Å². The van der Waals surface area contributed by atoms with Crippen molar-refractivity contribution < 1.29 is 4.42 Å². The molecular weight excluding hydrogens is 295 g/mol. The molecule has 0 aliphatic rings. The maximum absolute atomic E-state index is 6.16. The predicted octanol–water partition coefficient (Wildman–Crippen LogP) is 4.62. The molecule has 0 spiro atoms. The van der Waals surface area contributed by atoms with Crippen LogP contribution in [0, 0.1) is 0 Å². The number of nitrogens with zero attached hydrogens (tertiary/aromatic N) is 1. The second-order valence-corrected chi connectivity index (χ2v) is 5.72. The van der Waals surface area contributed by atoms with E-state index in [0.717, 1.165) is 36.7 Å². The molecule has 1 aromatic heterocycles. The van der Waals surface area contributed by atoms with Gasteiger partial charge in [-0.3, -0.25) is 0 Å². The number of benzene rings is 1. The van der Waals surface area contributed by atoms with Gasteiger partial charge in [0.1, 0.15) is 5.76 Å². The average molecular weight is 313 g/mol. The van der Waals surface area contributed by atoms with Crippen LogP contribution in [0.25, 0.3) is 11.3 Å². The first kappa shape index (κ1) is 15.2. The monoisotopic (exact) mass is 312 g/mol. The highest BCUT2D eigenvalue weighted by atomic mass is 35.5. The van der Waals surface area contributed by atoms with E-state index in [-0.39, 0.29) is 0 Å². The standard InChI is InChI=1S/C15H18Cl2N2O/c1-19(2)9-3-8-18-15-7-6-14(20-15)12-5-4-11(16)10-13(12)17/h4-7,10,18H,3,8-9H2,1-2H3. The Bertz CT molecular complexity index is 567. The van der Waals surface area contributed by atoms with Crippen molar-refractivity contribution in [3.05, 3.63) is 40.4 Å². The molecule has 1 aromatic carbocycles. The molecule has 1 N–H and O–H groups in total. The van der Waals surface area contributed by atoms with Crippen LogP contribution < -0.4 is 5.32 Å². The van der Waals surface area contributed by atoms with E-state index in [9.17, 15) is 0 Å². The molecule has 2 aromatic rings. The average Bonchev–Trinajstić information content (AvgIpc) is 2.83. The Morgan fingerprint density at radius 2 is 1.95 bits per heavy atom. The topological polar surface area (TPSA) is 28.4 Å². The van der Waals surface area contributed by atoms with Crippen LogP contribution in [-0.2, 0) is 0 Å². The molecule has 0 aliphatic carbocycles. The summed E-state index contributed by atoms with van der Waals surface area (Å²) in [5.74, 6) is 1.49. The number of rotatable bonds is 6. The lowest BCUT2D eigenvalue weighted by atomic mass is 10.2. The van der Waals surface area contributed by atoms with Gasteiger partial charge in [0.2, 0.25) is 0 Å². The van der Waals surface area contributed by atoms with Gasteiger partial charge in [0, 0.05) is 23.2 Å². The Hall–Kier alpha value is -1.16. The lowest BCUT2D eigenvalue weighted by Gasteiger charge is -2.09. The van der Waals surface area contributed by atoms with Gasteiger partial charge in [-0.05, 0) is 51.3 Å². The Balaban J connectivity index is 1.98. The fourth-order valence-electron chi connectivity index (χ4n) is 1.87. The summed E-state index contributed by atoms with van der Waals surface area (Å²) in [4.78, 5) is 2.16. The number of anilines is 1. The van der Waals surface area contributed by atoms with Crippen LogP contribution in [0.1, 0.15) is 6.42 Å². The minimum absolute atomic E-state index is 0.589. The second-order valence-electron chi connectivity index (χ2n) is 4.87. The molecule has 2 rings (SSSR count). The van der Waals surface area contributed by atoms with Gasteiger partial charge in [-0.15, -0.1) is 0 Å². The highest BCUT2D eigenvalue weighted by molar-refractivity contribution is 6.36. The highest BCUT2D eigenvalue weighted by Crippen LogP contribution is 2.32. The van der Waals surface area contributed by atoms with Crippen LogP contribution in [0.3, 0.4) is 0 Å². The van der Waals surface area contributed by atoms with Crippen molar-refractivity contribution in [1.82, 2.24) is 4.90 Å². The summed E-state index contributed by atoms with van der Waals surface area (Å²) >= 11 is 12.1. The van der Waals surface area contributed by atoms with E-state index in [1.54, 1.807) is 12.1 Å².